The number of carbonyl (C=O) groups excluding carboxylic acids is 1. The van der Waals surface area contributed by atoms with E-state index >= 15 is 0 Å². The van der Waals surface area contributed by atoms with Crippen LogP contribution >= 0.6 is 14.3 Å². The van der Waals surface area contributed by atoms with Crippen molar-refractivity contribution in [2.45, 2.75) is 6.18 Å². The van der Waals surface area contributed by atoms with Crippen molar-refractivity contribution in [2.75, 3.05) is 0 Å². The van der Waals surface area contributed by atoms with Crippen molar-refractivity contribution >= 4 is 62.9 Å². The number of alkyl halides is 3. The molecular weight excluding hydrogens is 1000 g/mol. The molecule has 325 valence electrons. The van der Waals surface area contributed by atoms with Gasteiger partial charge in [0.2, 0.25) is 5.78 Å². The average molecular weight is 1040 g/mol. The molecule has 1 heterocycles. The molecule has 65 heavy (non-hydrogen) atoms. The van der Waals surface area contributed by atoms with Crippen molar-refractivity contribution in [3.05, 3.63) is 258 Å². The first-order chi connectivity index (χ1) is 30.9. The van der Waals surface area contributed by atoms with E-state index in [1.807, 2.05) is 182 Å². The standard InChI is InChI=1S/2C18H15OP.C17H9F3O4.Eu/c2*19-20(16-10-4-1-5-11-16,17-12-6-2-7-13-17)18-14-8-3-9-15-18;18-17(19,20)10-7-5-9(6-8-10)14(21)13-15(22)11-3-1-2-4-12(11)24-16(13)23;/h2*1-15H;1-8,22H;. The number of fused-ring (bicyclic) bond motifs is 1. The number of benzene rings is 8. The second kappa shape index (κ2) is 22.0. The van der Waals surface area contributed by atoms with Gasteiger partial charge in [0.25, 0.3) is 0 Å². The summed E-state index contributed by atoms with van der Waals surface area (Å²) in [6.07, 6.45) is -4.54. The van der Waals surface area contributed by atoms with Crippen molar-refractivity contribution in [2.24, 2.45) is 0 Å². The fourth-order valence-electron chi connectivity index (χ4n) is 7.01. The SMILES string of the molecule is O=C(c1ccc(C(F)(F)F)cc1)c1c(O)c2ccccc2oc1=O.O=P(c1ccccc1)(c1ccccc1)c1ccccc1.O=P(c1ccccc1)(c1ccccc1)c1ccccc1.[Eu]. The van der Waals surface area contributed by atoms with Gasteiger partial charge >= 0.3 is 11.8 Å². The molecule has 0 spiro atoms. The Morgan fingerprint density at radius 2 is 0.738 bits per heavy atom. The quantitative estimate of drug-likeness (QED) is 0.0924. The summed E-state index contributed by atoms with van der Waals surface area (Å²) in [5, 5.41) is 15.6. The van der Waals surface area contributed by atoms with E-state index < -0.39 is 48.7 Å². The largest absolute Gasteiger partial charge is 0.506 e. The molecule has 0 bridgehead atoms. The molecule has 0 aliphatic heterocycles. The minimum Gasteiger partial charge on any atom is -0.506 e. The molecule has 0 saturated carbocycles. The summed E-state index contributed by atoms with van der Waals surface area (Å²) in [6.45, 7) is 0. The smallest absolute Gasteiger partial charge is 0.416 e. The van der Waals surface area contributed by atoms with Crippen LogP contribution in [0.25, 0.3) is 11.0 Å². The molecule has 9 rings (SSSR count). The van der Waals surface area contributed by atoms with Crippen LogP contribution in [0.1, 0.15) is 21.5 Å². The van der Waals surface area contributed by atoms with Crippen LogP contribution in [0.2, 0.25) is 0 Å². The summed E-state index contributed by atoms with van der Waals surface area (Å²) in [5.41, 5.74) is -2.66. The molecule has 1 aromatic heterocycles. The molecule has 0 aliphatic carbocycles. The molecule has 8 aromatic carbocycles. The first kappa shape index (κ1) is 48.7. The molecule has 6 nitrogen and oxygen atoms in total. The normalized spacial score (nSPS) is 11.2. The zero-order valence-corrected chi connectivity index (χ0v) is 38.5. The van der Waals surface area contributed by atoms with E-state index in [1.54, 1.807) is 12.1 Å². The summed E-state index contributed by atoms with van der Waals surface area (Å²) >= 11 is 0. The van der Waals surface area contributed by atoms with E-state index in [2.05, 4.69) is 0 Å². The fraction of sp³-hybridized carbons (Fsp3) is 0.0189. The molecule has 0 saturated heterocycles. The molecule has 1 radical (unpaired) electrons. The van der Waals surface area contributed by atoms with Crippen molar-refractivity contribution in [1.82, 2.24) is 0 Å². The molecule has 0 aliphatic rings. The Hall–Kier alpha value is -5.73. The molecule has 0 amide bonds. The second-order valence-corrected chi connectivity index (χ2v) is 19.8. The van der Waals surface area contributed by atoms with Gasteiger partial charge in [-0.05, 0) is 24.3 Å². The molecule has 12 heteroatoms. The number of para-hydroxylation sites is 1. The Morgan fingerprint density at radius 1 is 0.446 bits per heavy atom. The summed E-state index contributed by atoms with van der Waals surface area (Å²) in [4.78, 5) is 24.4. The van der Waals surface area contributed by atoms with Gasteiger partial charge in [0, 0.05) is 86.8 Å². The summed E-state index contributed by atoms with van der Waals surface area (Å²) in [6, 6.07) is 67.7. The Kier molecular flexibility index (Phi) is 16.5. The molecule has 0 atom stereocenters. The minimum atomic E-state index is -4.54. The zero-order chi connectivity index (χ0) is 45.2. The predicted octanol–water partition coefficient (Wildman–Crippen LogP) is 10.4. The minimum absolute atomic E-state index is 0. The third-order valence-corrected chi connectivity index (χ3v) is 16.4. The zero-order valence-electron chi connectivity index (χ0n) is 34.3. The van der Waals surface area contributed by atoms with Crippen LogP contribution in [-0.2, 0) is 15.3 Å². The van der Waals surface area contributed by atoms with Gasteiger partial charge in [-0.3, -0.25) is 4.79 Å². The van der Waals surface area contributed by atoms with Gasteiger partial charge in [0.15, 0.2) is 19.8 Å². The van der Waals surface area contributed by atoms with Crippen molar-refractivity contribution < 1.29 is 86.0 Å². The first-order valence-corrected chi connectivity index (χ1v) is 23.3. The van der Waals surface area contributed by atoms with E-state index in [4.69, 9.17) is 4.42 Å². The van der Waals surface area contributed by atoms with Gasteiger partial charge in [-0.25, -0.2) is 4.79 Å². The van der Waals surface area contributed by atoms with Crippen LogP contribution in [0.5, 0.6) is 5.75 Å². The monoisotopic (exact) mass is 1040 g/mol. The summed E-state index contributed by atoms with van der Waals surface area (Å²) < 4.78 is 70.3. The third-order valence-electron chi connectivity index (χ3n) is 10.2. The Bertz CT molecular complexity index is 2780. The number of halogens is 3. The number of ketones is 1. The molecular formula is C53H39EuF3O6P2. The molecule has 9 aromatic rings. The van der Waals surface area contributed by atoms with Crippen molar-refractivity contribution in [3.8, 4) is 5.75 Å². The van der Waals surface area contributed by atoms with Crippen molar-refractivity contribution in [1.29, 1.82) is 0 Å². The fourth-order valence-corrected chi connectivity index (χ4v) is 12.4. The van der Waals surface area contributed by atoms with Crippen molar-refractivity contribution in [3.63, 3.8) is 0 Å². The van der Waals surface area contributed by atoms with Gasteiger partial charge in [-0.1, -0.05) is 206 Å². The molecule has 0 fully saturated rings. The first-order valence-electron chi connectivity index (χ1n) is 19.9. The van der Waals surface area contributed by atoms with E-state index in [0.29, 0.717) is 0 Å². The van der Waals surface area contributed by atoms with Crippen LogP contribution in [0.3, 0.4) is 0 Å². The summed E-state index contributed by atoms with van der Waals surface area (Å²) in [7, 11) is -5.55. The van der Waals surface area contributed by atoms with Gasteiger partial charge in [0.1, 0.15) is 11.3 Å². The maximum atomic E-state index is 13.8. The molecule has 1 N–H and O–H groups in total. The Balaban J connectivity index is 0.000000161. The maximum Gasteiger partial charge on any atom is 0.416 e. The van der Waals surface area contributed by atoms with Gasteiger partial charge in [0.05, 0.1) is 10.9 Å². The van der Waals surface area contributed by atoms with Crippen LogP contribution in [0.15, 0.2) is 240 Å². The topological polar surface area (TPSA) is 102 Å². The van der Waals surface area contributed by atoms with E-state index in [0.717, 1.165) is 56.1 Å². The number of carbonyl (C=O) groups is 1. The number of hydrogen-bond donors (Lipinski definition) is 1. The van der Waals surface area contributed by atoms with E-state index in [1.165, 1.54) is 12.1 Å². The van der Waals surface area contributed by atoms with Gasteiger partial charge in [-0.15, -0.1) is 0 Å². The van der Waals surface area contributed by atoms with E-state index in [9.17, 15) is 37.0 Å². The maximum absolute atomic E-state index is 13.8. The van der Waals surface area contributed by atoms with Gasteiger partial charge < -0.3 is 18.7 Å². The number of hydrogen-bond acceptors (Lipinski definition) is 6. The Labute approximate surface area is 414 Å². The van der Waals surface area contributed by atoms with Crippen LogP contribution in [0.4, 0.5) is 13.2 Å². The van der Waals surface area contributed by atoms with Gasteiger partial charge in [-0.2, -0.15) is 13.2 Å². The summed E-state index contributed by atoms with van der Waals surface area (Å²) in [5.74, 6) is -1.48. The van der Waals surface area contributed by atoms with Crippen LogP contribution in [0, 0.1) is 49.4 Å². The average Bonchev–Trinajstić information content (AvgIpc) is 3.35. The molecule has 0 unspecified atom stereocenters. The second-order valence-electron chi connectivity index (χ2n) is 14.2. The Morgan fingerprint density at radius 3 is 1.05 bits per heavy atom. The number of rotatable bonds is 8. The third kappa shape index (κ3) is 11.0. The van der Waals surface area contributed by atoms with Crippen LogP contribution in [-0.4, -0.2) is 10.9 Å². The number of aromatic hydroxyl groups is 1. The van der Waals surface area contributed by atoms with Crippen LogP contribution < -0.4 is 37.5 Å². The van der Waals surface area contributed by atoms with E-state index in [-0.39, 0.29) is 65.9 Å². The predicted molar refractivity (Wildman–Crippen MR) is 251 cm³/mol.